The Morgan fingerprint density at radius 1 is 1.00 bits per heavy atom. The first-order chi connectivity index (χ1) is 14.8. The number of ether oxygens (including phenoxy) is 2. The number of anilines is 1. The summed E-state index contributed by atoms with van der Waals surface area (Å²) in [5.41, 5.74) is 0.553. The first-order valence-corrected chi connectivity index (χ1v) is 10.1. The Morgan fingerprint density at radius 2 is 1.58 bits per heavy atom. The van der Waals surface area contributed by atoms with Crippen molar-refractivity contribution in [3.63, 3.8) is 0 Å². The fourth-order valence-electron chi connectivity index (χ4n) is 2.65. The van der Waals surface area contributed by atoms with Crippen LogP contribution in [0.15, 0.2) is 36.4 Å². The molecule has 0 fully saturated rings. The molecular formula is C21H23Cl2N3O5. The van der Waals surface area contributed by atoms with E-state index >= 15 is 0 Å². The van der Waals surface area contributed by atoms with Gasteiger partial charge in [-0.2, -0.15) is 0 Å². The minimum absolute atomic E-state index is 0.222. The summed E-state index contributed by atoms with van der Waals surface area (Å²) in [4.78, 5) is 38.6. The van der Waals surface area contributed by atoms with Crippen molar-refractivity contribution in [2.75, 3.05) is 39.2 Å². The SMILES string of the molecule is CCN(CC(=O)Nc1c(Cl)cccc1Cl)C(=O)CNC(=O)c1cc(OC)cc(OC)c1. The van der Waals surface area contributed by atoms with Gasteiger partial charge in [-0.1, -0.05) is 29.3 Å². The van der Waals surface area contributed by atoms with E-state index in [9.17, 15) is 14.4 Å². The molecule has 0 unspecified atom stereocenters. The van der Waals surface area contributed by atoms with Crippen LogP contribution in [0.1, 0.15) is 17.3 Å². The topological polar surface area (TPSA) is 97.0 Å². The first-order valence-electron chi connectivity index (χ1n) is 9.31. The van der Waals surface area contributed by atoms with Gasteiger partial charge in [0.25, 0.3) is 5.91 Å². The lowest BCUT2D eigenvalue weighted by Crippen LogP contribution is -2.43. The van der Waals surface area contributed by atoms with E-state index < -0.39 is 17.7 Å². The van der Waals surface area contributed by atoms with E-state index in [1.54, 1.807) is 31.2 Å². The van der Waals surface area contributed by atoms with Crippen LogP contribution in [0.4, 0.5) is 5.69 Å². The van der Waals surface area contributed by atoms with Crippen LogP contribution in [-0.4, -0.2) is 56.5 Å². The van der Waals surface area contributed by atoms with Crippen molar-refractivity contribution in [1.29, 1.82) is 0 Å². The Labute approximate surface area is 190 Å². The molecule has 0 spiro atoms. The average molecular weight is 468 g/mol. The third kappa shape index (κ3) is 6.77. The van der Waals surface area contributed by atoms with E-state index in [1.807, 2.05) is 0 Å². The third-order valence-corrected chi connectivity index (χ3v) is 4.94. The molecule has 0 bridgehead atoms. The fourth-order valence-corrected chi connectivity index (χ4v) is 3.15. The smallest absolute Gasteiger partial charge is 0.251 e. The summed E-state index contributed by atoms with van der Waals surface area (Å²) >= 11 is 12.1. The van der Waals surface area contributed by atoms with E-state index in [0.29, 0.717) is 11.5 Å². The Kier molecular flexibility index (Phi) is 8.96. The van der Waals surface area contributed by atoms with Gasteiger partial charge in [0.1, 0.15) is 11.5 Å². The van der Waals surface area contributed by atoms with E-state index in [-0.39, 0.29) is 40.9 Å². The zero-order chi connectivity index (χ0) is 23.0. The van der Waals surface area contributed by atoms with Crippen molar-refractivity contribution in [2.24, 2.45) is 0 Å². The van der Waals surface area contributed by atoms with Gasteiger partial charge in [0, 0.05) is 18.2 Å². The maximum atomic E-state index is 12.5. The lowest BCUT2D eigenvalue weighted by Gasteiger charge is -2.21. The van der Waals surface area contributed by atoms with E-state index in [1.165, 1.54) is 31.3 Å². The number of hydrogen-bond donors (Lipinski definition) is 2. The van der Waals surface area contributed by atoms with Crippen molar-refractivity contribution in [3.8, 4) is 11.5 Å². The molecule has 166 valence electrons. The average Bonchev–Trinajstić information content (AvgIpc) is 2.77. The maximum Gasteiger partial charge on any atom is 0.251 e. The summed E-state index contributed by atoms with van der Waals surface area (Å²) < 4.78 is 10.3. The van der Waals surface area contributed by atoms with Gasteiger partial charge in [-0.05, 0) is 31.2 Å². The molecule has 0 saturated heterocycles. The number of rotatable bonds is 9. The van der Waals surface area contributed by atoms with Gasteiger partial charge in [-0.25, -0.2) is 0 Å². The molecular weight excluding hydrogens is 445 g/mol. The van der Waals surface area contributed by atoms with Crippen LogP contribution in [0.5, 0.6) is 11.5 Å². The second-order valence-electron chi connectivity index (χ2n) is 6.34. The molecule has 0 aliphatic rings. The summed E-state index contributed by atoms with van der Waals surface area (Å²) in [5.74, 6) is -0.476. The lowest BCUT2D eigenvalue weighted by atomic mass is 10.2. The molecule has 0 aliphatic heterocycles. The predicted octanol–water partition coefficient (Wildman–Crippen LogP) is 3.23. The Bertz CT molecular complexity index is 926. The van der Waals surface area contributed by atoms with Crippen LogP contribution in [0, 0.1) is 0 Å². The van der Waals surface area contributed by atoms with Gasteiger partial charge >= 0.3 is 0 Å². The highest BCUT2D eigenvalue weighted by Crippen LogP contribution is 2.29. The molecule has 2 N–H and O–H groups in total. The van der Waals surface area contributed by atoms with Crippen LogP contribution >= 0.6 is 23.2 Å². The van der Waals surface area contributed by atoms with Gasteiger partial charge < -0.3 is 25.0 Å². The third-order valence-electron chi connectivity index (χ3n) is 4.31. The number of benzene rings is 2. The molecule has 10 heteroatoms. The fraction of sp³-hybridized carbons (Fsp3) is 0.286. The zero-order valence-corrected chi connectivity index (χ0v) is 18.8. The number of carbonyl (C=O) groups is 3. The molecule has 2 rings (SSSR count). The molecule has 0 atom stereocenters. The lowest BCUT2D eigenvalue weighted by molar-refractivity contribution is -0.133. The van der Waals surface area contributed by atoms with Gasteiger partial charge in [-0.3, -0.25) is 14.4 Å². The molecule has 0 saturated carbocycles. The highest BCUT2D eigenvalue weighted by Gasteiger charge is 2.19. The highest BCUT2D eigenvalue weighted by atomic mass is 35.5. The number of nitrogens with one attached hydrogen (secondary N) is 2. The van der Waals surface area contributed by atoms with Crippen molar-refractivity contribution < 1.29 is 23.9 Å². The summed E-state index contributed by atoms with van der Waals surface area (Å²) in [6.07, 6.45) is 0. The van der Waals surface area contributed by atoms with Gasteiger partial charge in [0.2, 0.25) is 11.8 Å². The van der Waals surface area contributed by atoms with Crippen molar-refractivity contribution in [2.45, 2.75) is 6.92 Å². The maximum absolute atomic E-state index is 12.5. The van der Waals surface area contributed by atoms with Crippen molar-refractivity contribution in [1.82, 2.24) is 10.2 Å². The van der Waals surface area contributed by atoms with Crippen LogP contribution < -0.4 is 20.1 Å². The Morgan fingerprint density at radius 3 is 2.10 bits per heavy atom. The normalized spacial score (nSPS) is 10.2. The highest BCUT2D eigenvalue weighted by molar-refractivity contribution is 6.39. The zero-order valence-electron chi connectivity index (χ0n) is 17.3. The second-order valence-corrected chi connectivity index (χ2v) is 7.15. The minimum atomic E-state index is -0.478. The largest absolute Gasteiger partial charge is 0.497 e. The number of carbonyl (C=O) groups excluding carboxylic acids is 3. The number of amides is 3. The molecule has 0 aromatic heterocycles. The van der Waals surface area contributed by atoms with Gasteiger partial charge in [0.15, 0.2) is 0 Å². The Balaban J connectivity index is 1.97. The summed E-state index contributed by atoms with van der Waals surface area (Å²) in [6.45, 7) is 1.49. The van der Waals surface area contributed by atoms with Gasteiger partial charge in [0.05, 0.1) is 43.0 Å². The van der Waals surface area contributed by atoms with E-state index in [4.69, 9.17) is 32.7 Å². The molecule has 8 nitrogen and oxygen atoms in total. The standard InChI is InChI=1S/C21H23Cl2N3O5/c1-4-26(12-18(27)25-20-16(22)6-5-7-17(20)23)19(28)11-24-21(29)13-8-14(30-2)10-15(9-13)31-3/h5-10H,4,11-12H2,1-3H3,(H,24,29)(H,25,27). The summed E-state index contributed by atoms with van der Waals surface area (Å²) in [7, 11) is 2.94. The summed E-state index contributed by atoms with van der Waals surface area (Å²) in [6, 6.07) is 9.53. The molecule has 0 aliphatic carbocycles. The van der Waals surface area contributed by atoms with E-state index in [2.05, 4.69) is 10.6 Å². The van der Waals surface area contributed by atoms with Crippen LogP contribution in [0.2, 0.25) is 10.0 Å². The van der Waals surface area contributed by atoms with Crippen LogP contribution in [0.3, 0.4) is 0 Å². The molecule has 0 heterocycles. The second kappa shape index (κ2) is 11.4. The van der Waals surface area contributed by atoms with E-state index in [0.717, 1.165) is 0 Å². The number of para-hydroxylation sites is 1. The monoisotopic (exact) mass is 467 g/mol. The predicted molar refractivity (Wildman–Crippen MR) is 119 cm³/mol. The molecule has 2 aromatic rings. The van der Waals surface area contributed by atoms with Crippen molar-refractivity contribution in [3.05, 3.63) is 52.0 Å². The Hall–Kier alpha value is -2.97. The van der Waals surface area contributed by atoms with Crippen molar-refractivity contribution >= 4 is 46.6 Å². The quantitative estimate of drug-likeness (QED) is 0.589. The van der Waals surface area contributed by atoms with Gasteiger partial charge in [-0.15, -0.1) is 0 Å². The molecule has 2 aromatic carbocycles. The van der Waals surface area contributed by atoms with Crippen LogP contribution in [-0.2, 0) is 9.59 Å². The summed E-state index contributed by atoms with van der Waals surface area (Å²) in [5, 5.41) is 5.72. The number of nitrogens with zero attached hydrogens (tertiary/aromatic N) is 1. The van der Waals surface area contributed by atoms with Crippen LogP contribution in [0.25, 0.3) is 0 Å². The number of hydrogen-bond acceptors (Lipinski definition) is 5. The molecule has 0 radical (unpaired) electrons. The first kappa shape index (κ1) is 24.3. The number of likely N-dealkylation sites (N-methyl/N-ethyl adjacent to an activating group) is 1. The minimum Gasteiger partial charge on any atom is -0.497 e. The molecule has 31 heavy (non-hydrogen) atoms. The number of methoxy groups -OCH3 is 2. The number of halogens is 2. The molecule has 3 amide bonds.